The van der Waals surface area contributed by atoms with Crippen LogP contribution in [-0.2, 0) is 6.18 Å². The Morgan fingerprint density at radius 3 is 2.71 bits per heavy atom. The molecule has 0 aromatic carbocycles. The molecule has 0 fully saturated rings. The molecule has 4 nitrogen and oxygen atoms in total. The van der Waals surface area contributed by atoms with Gasteiger partial charge in [0.1, 0.15) is 11.2 Å². The Hall–Kier alpha value is -1.79. The third kappa shape index (κ3) is 1.26. The average Bonchev–Trinajstić information content (AvgIpc) is 2.50. The van der Waals surface area contributed by atoms with Crippen molar-refractivity contribution in [1.82, 2.24) is 15.0 Å². The summed E-state index contributed by atoms with van der Waals surface area (Å²) in [6, 6.07) is 0.778. The van der Waals surface area contributed by atoms with E-state index in [1.807, 2.05) is 0 Å². The van der Waals surface area contributed by atoms with Crippen molar-refractivity contribution in [2.24, 2.45) is 0 Å². The van der Waals surface area contributed by atoms with Crippen LogP contribution in [0.4, 0.5) is 18.9 Å². The molecule has 0 aliphatic rings. The summed E-state index contributed by atoms with van der Waals surface area (Å²) in [7, 11) is 0. The molecule has 7 heteroatoms. The number of hydrogen-bond donors (Lipinski definition) is 2. The van der Waals surface area contributed by atoms with Gasteiger partial charge in [0.25, 0.3) is 0 Å². The second kappa shape index (κ2) is 2.60. The summed E-state index contributed by atoms with van der Waals surface area (Å²) in [4.78, 5) is 9.53. The van der Waals surface area contributed by atoms with Crippen molar-refractivity contribution >= 4 is 16.9 Å². The predicted molar refractivity (Wildman–Crippen MR) is 43.3 cm³/mol. The van der Waals surface area contributed by atoms with E-state index in [9.17, 15) is 13.2 Å². The molecule has 0 saturated heterocycles. The Morgan fingerprint density at radius 2 is 2.07 bits per heavy atom. The first-order chi connectivity index (χ1) is 6.48. The number of nitrogens with two attached hydrogens (primary N) is 1. The normalized spacial score (nSPS) is 12.2. The average molecular weight is 202 g/mol. The molecule has 14 heavy (non-hydrogen) atoms. The number of rotatable bonds is 0. The van der Waals surface area contributed by atoms with Gasteiger partial charge in [0.05, 0.1) is 12.0 Å². The summed E-state index contributed by atoms with van der Waals surface area (Å²) in [5, 5.41) is 0. The second-order valence-electron chi connectivity index (χ2n) is 2.70. The molecule has 0 atom stereocenters. The second-order valence-corrected chi connectivity index (χ2v) is 2.70. The van der Waals surface area contributed by atoms with Gasteiger partial charge in [0.15, 0.2) is 5.65 Å². The van der Waals surface area contributed by atoms with Crippen molar-refractivity contribution in [2.75, 3.05) is 5.73 Å². The van der Waals surface area contributed by atoms with Gasteiger partial charge in [-0.15, -0.1) is 0 Å². The van der Waals surface area contributed by atoms with Crippen LogP contribution in [0.15, 0.2) is 12.4 Å². The lowest BCUT2D eigenvalue weighted by Crippen LogP contribution is -2.09. The monoisotopic (exact) mass is 202 g/mol. The first kappa shape index (κ1) is 8.79. The Balaban J connectivity index is 2.70. The van der Waals surface area contributed by atoms with E-state index in [0.717, 1.165) is 6.07 Å². The Bertz CT molecular complexity index is 473. The van der Waals surface area contributed by atoms with E-state index in [-0.39, 0.29) is 11.3 Å². The molecular formula is C7H5F3N4. The number of fused-ring (bicyclic) bond motifs is 1. The van der Waals surface area contributed by atoms with Gasteiger partial charge in [0.2, 0.25) is 0 Å². The van der Waals surface area contributed by atoms with Crippen LogP contribution in [0.3, 0.4) is 0 Å². The molecule has 2 aromatic rings. The number of aromatic amines is 1. The maximum Gasteiger partial charge on any atom is 0.433 e. The minimum absolute atomic E-state index is 0.0141. The topological polar surface area (TPSA) is 67.6 Å². The quantitative estimate of drug-likeness (QED) is 0.681. The summed E-state index contributed by atoms with van der Waals surface area (Å²) >= 11 is 0. The highest BCUT2D eigenvalue weighted by Crippen LogP contribution is 2.30. The number of nitrogens with one attached hydrogen (secondary N) is 1. The number of anilines is 1. The van der Waals surface area contributed by atoms with Gasteiger partial charge in [-0.1, -0.05) is 0 Å². The Labute approximate surface area is 76.0 Å². The summed E-state index contributed by atoms with van der Waals surface area (Å²) in [6.45, 7) is 0. The molecule has 2 rings (SSSR count). The lowest BCUT2D eigenvalue weighted by Gasteiger charge is -2.05. The molecular weight excluding hydrogens is 197 g/mol. The SMILES string of the molecule is Nc1cc(C(F)(F)F)nc2nc[nH]c12. The highest BCUT2D eigenvalue weighted by atomic mass is 19.4. The molecule has 0 spiro atoms. The molecule has 0 bridgehead atoms. The molecule has 0 saturated carbocycles. The fourth-order valence-corrected chi connectivity index (χ4v) is 1.10. The molecule has 0 radical (unpaired) electrons. The van der Waals surface area contributed by atoms with Gasteiger partial charge in [0, 0.05) is 0 Å². The van der Waals surface area contributed by atoms with Crippen molar-refractivity contribution in [3.8, 4) is 0 Å². The molecule has 0 aliphatic heterocycles. The van der Waals surface area contributed by atoms with E-state index >= 15 is 0 Å². The largest absolute Gasteiger partial charge is 0.433 e. The van der Waals surface area contributed by atoms with Gasteiger partial charge >= 0.3 is 6.18 Å². The van der Waals surface area contributed by atoms with E-state index in [2.05, 4.69) is 15.0 Å². The Morgan fingerprint density at radius 1 is 1.36 bits per heavy atom. The maximum absolute atomic E-state index is 12.2. The zero-order valence-electron chi connectivity index (χ0n) is 6.76. The van der Waals surface area contributed by atoms with Gasteiger partial charge in [-0.2, -0.15) is 13.2 Å². The number of aromatic nitrogens is 3. The third-order valence-corrected chi connectivity index (χ3v) is 1.72. The van der Waals surface area contributed by atoms with Crippen molar-refractivity contribution in [1.29, 1.82) is 0 Å². The van der Waals surface area contributed by atoms with E-state index in [1.165, 1.54) is 6.33 Å². The van der Waals surface area contributed by atoms with Crippen LogP contribution in [0.2, 0.25) is 0 Å². The van der Waals surface area contributed by atoms with Crippen LogP contribution < -0.4 is 5.73 Å². The van der Waals surface area contributed by atoms with E-state index in [0.29, 0.717) is 5.52 Å². The van der Waals surface area contributed by atoms with Gasteiger partial charge in [-0.05, 0) is 6.07 Å². The minimum atomic E-state index is -4.50. The first-order valence-corrected chi connectivity index (χ1v) is 3.65. The van der Waals surface area contributed by atoms with Crippen LogP contribution in [-0.4, -0.2) is 15.0 Å². The molecule has 0 unspecified atom stereocenters. The number of pyridine rings is 1. The Kier molecular flexibility index (Phi) is 1.63. The molecule has 2 aromatic heterocycles. The summed E-state index contributed by atoms with van der Waals surface area (Å²) in [5.74, 6) is 0. The van der Waals surface area contributed by atoms with Gasteiger partial charge in [-0.25, -0.2) is 9.97 Å². The van der Waals surface area contributed by atoms with Gasteiger partial charge in [-0.3, -0.25) is 0 Å². The minimum Gasteiger partial charge on any atom is -0.397 e. The van der Waals surface area contributed by atoms with E-state index < -0.39 is 11.9 Å². The molecule has 0 aliphatic carbocycles. The molecule has 2 heterocycles. The fraction of sp³-hybridized carbons (Fsp3) is 0.143. The maximum atomic E-state index is 12.2. The van der Waals surface area contributed by atoms with Crippen LogP contribution in [0.25, 0.3) is 11.2 Å². The van der Waals surface area contributed by atoms with Crippen molar-refractivity contribution < 1.29 is 13.2 Å². The van der Waals surface area contributed by atoms with Crippen LogP contribution in [0.1, 0.15) is 5.69 Å². The number of H-pyrrole nitrogens is 1. The molecule has 0 amide bonds. The number of hydrogen-bond acceptors (Lipinski definition) is 3. The molecule has 74 valence electrons. The summed E-state index contributed by atoms with van der Waals surface area (Å²) in [6.07, 6.45) is -3.25. The van der Waals surface area contributed by atoms with E-state index in [4.69, 9.17) is 5.73 Å². The summed E-state index contributed by atoms with van der Waals surface area (Å²) < 4.78 is 36.7. The number of nitrogens with zero attached hydrogens (tertiary/aromatic N) is 2. The van der Waals surface area contributed by atoms with Crippen LogP contribution in [0, 0.1) is 0 Å². The first-order valence-electron chi connectivity index (χ1n) is 3.65. The van der Waals surface area contributed by atoms with E-state index in [1.54, 1.807) is 0 Å². The van der Waals surface area contributed by atoms with Crippen LogP contribution in [0.5, 0.6) is 0 Å². The summed E-state index contributed by atoms with van der Waals surface area (Å²) in [5.41, 5.74) is 4.63. The smallest absolute Gasteiger partial charge is 0.397 e. The standard InChI is InChI=1S/C7H5F3N4/c8-7(9,10)4-1-3(11)5-6(14-4)13-2-12-5/h1-2H,(H3,11,12,13,14). The fourth-order valence-electron chi connectivity index (χ4n) is 1.10. The number of alkyl halides is 3. The number of halogens is 3. The van der Waals surface area contributed by atoms with Crippen molar-refractivity contribution in [3.05, 3.63) is 18.1 Å². The van der Waals surface area contributed by atoms with Crippen molar-refractivity contribution in [2.45, 2.75) is 6.18 Å². The number of nitrogen functional groups attached to an aromatic ring is 1. The van der Waals surface area contributed by atoms with Crippen LogP contribution >= 0.6 is 0 Å². The predicted octanol–water partition coefficient (Wildman–Crippen LogP) is 1.56. The highest BCUT2D eigenvalue weighted by molar-refractivity contribution is 5.83. The third-order valence-electron chi connectivity index (χ3n) is 1.72. The zero-order valence-corrected chi connectivity index (χ0v) is 6.76. The van der Waals surface area contributed by atoms with Crippen molar-refractivity contribution in [3.63, 3.8) is 0 Å². The lowest BCUT2D eigenvalue weighted by atomic mass is 10.3. The zero-order chi connectivity index (χ0) is 10.3. The lowest BCUT2D eigenvalue weighted by molar-refractivity contribution is -0.140. The van der Waals surface area contributed by atoms with Gasteiger partial charge < -0.3 is 10.7 Å². The highest BCUT2D eigenvalue weighted by Gasteiger charge is 2.33. The molecule has 3 N–H and O–H groups in total. The number of imidazole rings is 1.